The second kappa shape index (κ2) is 5.20. The van der Waals surface area contributed by atoms with E-state index < -0.39 is 0 Å². The minimum absolute atomic E-state index is 0.227. The third-order valence-electron chi connectivity index (χ3n) is 3.95. The third kappa shape index (κ3) is 2.74. The van der Waals surface area contributed by atoms with E-state index in [2.05, 4.69) is 22.3 Å². The van der Waals surface area contributed by atoms with Crippen molar-refractivity contribution in [1.82, 2.24) is 14.8 Å². The molecule has 2 N–H and O–H groups in total. The summed E-state index contributed by atoms with van der Waals surface area (Å²) < 4.78 is 1.89. The molecule has 21 heavy (non-hydrogen) atoms. The Kier molecular flexibility index (Phi) is 3.37. The summed E-state index contributed by atoms with van der Waals surface area (Å²) in [6.45, 7) is 4.05. The standard InChI is InChI=1S/C15H18N4O2/c1-9-7-17-19(10(2)11-3-4-11)14(9)18-15(21)12-5-6-13(20)16-8-12/h5-8,10-11H,3-4H2,1-2H3,(H,16,20)(H,18,21)/t10-/m0/s1. The quantitative estimate of drug-likeness (QED) is 0.903. The molecule has 110 valence electrons. The molecule has 2 aromatic rings. The van der Waals surface area contributed by atoms with Gasteiger partial charge in [-0.3, -0.25) is 9.59 Å². The Morgan fingerprint density at radius 1 is 1.48 bits per heavy atom. The molecule has 6 nitrogen and oxygen atoms in total. The number of nitrogens with one attached hydrogen (secondary N) is 2. The number of H-pyrrole nitrogens is 1. The van der Waals surface area contributed by atoms with E-state index in [0.717, 1.165) is 11.4 Å². The Bertz CT molecular complexity index is 707. The lowest BCUT2D eigenvalue weighted by Gasteiger charge is -2.16. The first-order valence-corrected chi connectivity index (χ1v) is 7.10. The van der Waals surface area contributed by atoms with Crippen molar-refractivity contribution in [1.29, 1.82) is 0 Å². The van der Waals surface area contributed by atoms with Gasteiger partial charge in [0.2, 0.25) is 5.56 Å². The van der Waals surface area contributed by atoms with E-state index in [9.17, 15) is 9.59 Å². The predicted octanol–water partition coefficient (Wildman–Crippen LogP) is 2.10. The Morgan fingerprint density at radius 3 is 2.86 bits per heavy atom. The van der Waals surface area contributed by atoms with Gasteiger partial charge < -0.3 is 10.3 Å². The number of aromatic amines is 1. The van der Waals surface area contributed by atoms with Gasteiger partial charge in [-0.25, -0.2) is 4.68 Å². The fourth-order valence-electron chi connectivity index (χ4n) is 2.42. The minimum Gasteiger partial charge on any atom is -0.328 e. The van der Waals surface area contributed by atoms with Crippen molar-refractivity contribution in [3.05, 3.63) is 46.0 Å². The van der Waals surface area contributed by atoms with Crippen LogP contribution in [0.3, 0.4) is 0 Å². The third-order valence-corrected chi connectivity index (χ3v) is 3.95. The van der Waals surface area contributed by atoms with Crippen molar-refractivity contribution in [2.75, 3.05) is 5.32 Å². The molecule has 1 aliphatic carbocycles. The number of carbonyl (C=O) groups excluding carboxylic acids is 1. The molecule has 1 atom stereocenters. The van der Waals surface area contributed by atoms with Crippen LogP contribution in [0.15, 0.2) is 29.3 Å². The maximum absolute atomic E-state index is 12.3. The number of hydrogen-bond acceptors (Lipinski definition) is 3. The Morgan fingerprint density at radius 2 is 2.24 bits per heavy atom. The number of pyridine rings is 1. The summed E-state index contributed by atoms with van der Waals surface area (Å²) in [5, 5.41) is 7.28. The monoisotopic (exact) mass is 286 g/mol. The van der Waals surface area contributed by atoms with Crippen LogP contribution in [0.25, 0.3) is 0 Å². The SMILES string of the molecule is Cc1cnn([C@@H](C)C2CC2)c1NC(=O)c1ccc(=O)[nH]c1. The summed E-state index contributed by atoms with van der Waals surface area (Å²) in [4.78, 5) is 25.8. The van der Waals surface area contributed by atoms with Crippen LogP contribution >= 0.6 is 0 Å². The van der Waals surface area contributed by atoms with E-state index in [1.807, 2.05) is 11.6 Å². The molecule has 2 heterocycles. The van der Waals surface area contributed by atoms with Crippen molar-refractivity contribution in [2.24, 2.45) is 5.92 Å². The number of nitrogens with zero attached hydrogens (tertiary/aromatic N) is 2. The highest BCUT2D eigenvalue weighted by atomic mass is 16.2. The maximum atomic E-state index is 12.3. The number of anilines is 1. The van der Waals surface area contributed by atoms with Crippen molar-refractivity contribution in [2.45, 2.75) is 32.7 Å². The molecule has 1 saturated carbocycles. The van der Waals surface area contributed by atoms with Gasteiger partial charge in [0.25, 0.3) is 5.91 Å². The summed E-state index contributed by atoms with van der Waals surface area (Å²) in [5.74, 6) is 1.12. The van der Waals surface area contributed by atoms with Gasteiger partial charge in [0.05, 0.1) is 17.8 Å². The van der Waals surface area contributed by atoms with Crippen molar-refractivity contribution in [3.63, 3.8) is 0 Å². The van der Waals surface area contributed by atoms with E-state index in [4.69, 9.17) is 0 Å². The molecule has 0 aromatic carbocycles. The second-order valence-corrected chi connectivity index (χ2v) is 5.59. The largest absolute Gasteiger partial charge is 0.328 e. The molecule has 1 amide bonds. The van der Waals surface area contributed by atoms with Gasteiger partial charge in [0, 0.05) is 17.8 Å². The normalized spacial score (nSPS) is 15.7. The van der Waals surface area contributed by atoms with Crippen LogP contribution in [0.4, 0.5) is 5.82 Å². The van der Waals surface area contributed by atoms with E-state index in [-0.39, 0.29) is 17.5 Å². The first-order chi connectivity index (χ1) is 10.1. The highest BCUT2D eigenvalue weighted by molar-refractivity contribution is 6.03. The van der Waals surface area contributed by atoms with Crippen LogP contribution in [-0.4, -0.2) is 20.7 Å². The Hall–Kier alpha value is -2.37. The second-order valence-electron chi connectivity index (χ2n) is 5.59. The van der Waals surface area contributed by atoms with Crippen molar-refractivity contribution in [3.8, 4) is 0 Å². The van der Waals surface area contributed by atoms with Crippen LogP contribution in [0, 0.1) is 12.8 Å². The summed E-state index contributed by atoms with van der Waals surface area (Å²) in [6.07, 6.45) is 5.61. The minimum atomic E-state index is -0.251. The van der Waals surface area contributed by atoms with E-state index in [1.54, 1.807) is 6.20 Å². The molecule has 0 bridgehead atoms. The molecule has 6 heteroatoms. The smallest absolute Gasteiger partial charge is 0.258 e. The first-order valence-electron chi connectivity index (χ1n) is 7.10. The molecule has 0 aliphatic heterocycles. The van der Waals surface area contributed by atoms with Gasteiger partial charge >= 0.3 is 0 Å². The lowest BCUT2D eigenvalue weighted by atomic mass is 10.2. The number of rotatable bonds is 4. The predicted molar refractivity (Wildman–Crippen MR) is 79.4 cm³/mol. The number of aromatic nitrogens is 3. The molecular weight excluding hydrogens is 268 g/mol. The van der Waals surface area contributed by atoms with Gasteiger partial charge in [-0.2, -0.15) is 5.10 Å². The molecule has 0 radical (unpaired) electrons. The summed E-state index contributed by atoms with van der Waals surface area (Å²) >= 11 is 0. The summed E-state index contributed by atoms with van der Waals surface area (Å²) in [7, 11) is 0. The Balaban J connectivity index is 1.83. The zero-order valence-corrected chi connectivity index (χ0v) is 12.1. The number of hydrogen-bond donors (Lipinski definition) is 2. The number of amides is 1. The average molecular weight is 286 g/mol. The van der Waals surface area contributed by atoms with E-state index >= 15 is 0 Å². The van der Waals surface area contributed by atoms with Gasteiger partial charge in [-0.1, -0.05) is 0 Å². The van der Waals surface area contributed by atoms with Crippen LogP contribution in [0.2, 0.25) is 0 Å². The van der Waals surface area contributed by atoms with Gasteiger partial charge in [0.1, 0.15) is 5.82 Å². The zero-order chi connectivity index (χ0) is 15.0. The van der Waals surface area contributed by atoms with Gasteiger partial charge in [-0.05, 0) is 38.7 Å². The molecule has 0 spiro atoms. The molecule has 1 fully saturated rings. The number of carbonyl (C=O) groups is 1. The summed E-state index contributed by atoms with van der Waals surface area (Å²) in [5.41, 5.74) is 1.12. The van der Waals surface area contributed by atoms with Gasteiger partial charge in [-0.15, -0.1) is 0 Å². The fourth-order valence-corrected chi connectivity index (χ4v) is 2.42. The maximum Gasteiger partial charge on any atom is 0.258 e. The fraction of sp³-hybridized carbons (Fsp3) is 0.400. The molecule has 1 aliphatic rings. The van der Waals surface area contributed by atoms with Gasteiger partial charge in [0.15, 0.2) is 0 Å². The molecular formula is C15H18N4O2. The first kappa shape index (κ1) is 13.6. The molecule has 3 rings (SSSR count). The number of aryl methyl sites for hydroxylation is 1. The molecule has 0 saturated heterocycles. The molecule has 2 aromatic heterocycles. The van der Waals surface area contributed by atoms with E-state index in [0.29, 0.717) is 11.5 Å². The lowest BCUT2D eigenvalue weighted by Crippen LogP contribution is -2.20. The van der Waals surface area contributed by atoms with Crippen molar-refractivity contribution >= 4 is 11.7 Å². The summed E-state index contributed by atoms with van der Waals surface area (Å²) in [6, 6.07) is 3.13. The zero-order valence-electron chi connectivity index (χ0n) is 12.1. The highest BCUT2D eigenvalue weighted by Crippen LogP contribution is 2.40. The molecule has 0 unspecified atom stereocenters. The van der Waals surface area contributed by atoms with Crippen molar-refractivity contribution < 1.29 is 4.79 Å². The Labute approximate surface area is 122 Å². The van der Waals surface area contributed by atoms with Crippen LogP contribution in [0.1, 0.15) is 41.7 Å². The van der Waals surface area contributed by atoms with Crippen LogP contribution < -0.4 is 10.9 Å². The van der Waals surface area contributed by atoms with Crippen LogP contribution in [0.5, 0.6) is 0 Å². The van der Waals surface area contributed by atoms with Crippen LogP contribution in [-0.2, 0) is 0 Å². The average Bonchev–Trinajstić information content (AvgIpc) is 3.25. The topological polar surface area (TPSA) is 79.8 Å². The van der Waals surface area contributed by atoms with E-state index in [1.165, 1.54) is 31.2 Å². The highest BCUT2D eigenvalue weighted by Gasteiger charge is 2.31. The lowest BCUT2D eigenvalue weighted by molar-refractivity contribution is 0.102.